The van der Waals surface area contributed by atoms with Crippen molar-refractivity contribution in [3.8, 4) is 0 Å². The zero-order chi connectivity index (χ0) is 11.1. The van der Waals surface area contributed by atoms with Crippen LogP contribution in [-0.4, -0.2) is 34.8 Å². The van der Waals surface area contributed by atoms with E-state index in [9.17, 15) is 0 Å². The van der Waals surface area contributed by atoms with E-state index in [-0.39, 0.29) is 0 Å². The van der Waals surface area contributed by atoms with Gasteiger partial charge in [0.15, 0.2) is 0 Å². The molecule has 0 saturated heterocycles. The van der Waals surface area contributed by atoms with Gasteiger partial charge in [-0.1, -0.05) is 5.21 Å². The number of hydrogen-bond acceptors (Lipinski definition) is 4. The Labute approximate surface area is 90.6 Å². The van der Waals surface area contributed by atoms with Crippen LogP contribution < -0.4 is 5.73 Å². The standard InChI is InChI=1S/C10H20N4O/c1-3-15-8-4-7-14-9(2)10(5-6-11)12-13-14/h3-8,11H2,1-2H3. The summed E-state index contributed by atoms with van der Waals surface area (Å²) < 4.78 is 7.19. The molecule has 0 unspecified atom stereocenters. The molecule has 1 aromatic heterocycles. The van der Waals surface area contributed by atoms with Crippen molar-refractivity contribution in [1.29, 1.82) is 0 Å². The molecule has 1 rings (SSSR count). The Morgan fingerprint density at radius 1 is 1.47 bits per heavy atom. The maximum absolute atomic E-state index is 5.48. The van der Waals surface area contributed by atoms with Crippen LogP contribution in [0, 0.1) is 6.92 Å². The van der Waals surface area contributed by atoms with Crippen LogP contribution in [0.15, 0.2) is 0 Å². The molecule has 1 heterocycles. The van der Waals surface area contributed by atoms with Crippen LogP contribution >= 0.6 is 0 Å². The third kappa shape index (κ3) is 3.60. The van der Waals surface area contributed by atoms with Gasteiger partial charge >= 0.3 is 0 Å². The summed E-state index contributed by atoms with van der Waals surface area (Å²) >= 11 is 0. The number of nitrogens with zero attached hydrogens (tertiary/aromatic N) is 3. The lowest BCUT2D eigenvalue weighted by Gasteiger charge is -2.03. The number of rotatable bonds is 7. The highest BCUT2D eigenvalue weighted by Crippen LogP contribution is 2.04. The molecule has 0 fully saturated rings. The van der Waals surface area contributed by atoms with E-state index in [0.717, 1.165) is 44.0 Å². The summed E-state index contributed by atoms with van der Waals surface area (Å²) in [7, 11) is 0. The van der Waals surface area contributed by atoms with Gasteiger partial charge in [0.25, 0.3) is 0 Å². The summed E-state index contributed by atoms with van der Waals surface area (Å²) in [5.74, 6) is 0. The minimum Gasteiger partial charge on any atom is -0.382 e. The Hall–Kier alpha value is -0.940. The van der Waals surface area contributed by atoms with Gasteiger partial charge < -0.3 is 10.5 Å². The molecule has 0 spiro atoms. The van der Waals surface area contributed by atoms with E-state index in [2.05, 4.69) is 10.3 Å². The maximum atomic E-state index is 5.48. The first-order valence-corrected chi connectivity index (χ1v) is 5.46. The topological polar surface area (TPSA) is 66.0 Å². The molecule has 5 heteroatoms. The van der Waals surface area contributed by atoms with Gasteiger partial charge in [0.1, 0.15) is 0 Å². The molecule has 0 aliphatic rings. The summed E-state index contributed by atoms with van der Waals surface area (Å²) in [6.07, 6.45) is 1.78. The van der Waals surface area contributed by atoms with Gasteiger partial charge in [-0.3, -0.25) is 0 Å². The number of ether oxygens (including phenoxy) is 1. The van der Waals surface area contributed by atoms with Crippen LogP contribution in [0.5, 0.6) is 0 Å². The van der Waals surface area contributed by atoms with Gasteiger partial charge in [-0.25, -0.2) is 4.68 Å². The second-order valence-corrected chi connectivity index (χ2v) is 3.43. The molecule has 0 atom stereocenters. The van der Waals surface area contributed by atoms with Crippen LogP contribution in [0.25, 0.3) is 0 Å². The minimum atomic E-state index is 0.623. The van der Waals surface area contributed by atoms with E-state index in [4.69, 9.17) is 10.5 Å². The van der Waals surface area contributed by atoms with E-state index in [1.54, 1.807) is 0 Å². The third-order valence-corrected chi connectivity index (χ3v) is 2.32. The van der Waals surface area contributed by atoms with Gasteiger partial charge in [0.2, 0.25) is 0 Å². The SMILES string of the molecule is CCOCCCn1nnc(CCN)c1C. The molecule has 15 heavy (non-hydrogen) atoms. The minimum absolute atomic E-state index is 0.623. The molecule has 0 aromatic carbocycles. The molecule has 0 radical (unpaired) electrons. The fraction of sp³-hybridized carbons (Fsp3) is 0.800. The molecule has 0 saturated carbocycles. The number of nitrogens with two attached hydrogens (primary N) is 1. The lowest BCUT2D eigenvalue weighted by Crippen LogP contribution is -2.07. The zero-order valence-electron chi connectivity index (χ0n) is 9.57. The summed E-state index contributed by atoms with van der Waals surface area (Å²) in [5.41, 5.74) is 7.61. The Bertz CT molecular complexity index is 285. The van der Waals surface area contributed by atoms with Gasteiger partial charge in [-0.2, -0.15) is 0 Å². The zero-order valence-corrected chi connectivity index (χ0v) is 9.57. The third-order valence-electron chi connectivity index (χ3n) is 2.32. The first-order valence-electron chi connectivity index (χ1n) is 5.46. The molecule has 0 bridgehead atoms. The first kappa shape index (κ1) is 12.1. The highest BCUT2D eigenvalue weighted by atomic mass is 16.5. The van der Waals surface area contributed by atoms with E-state index in [1.165, 1.54) is 0 Å². The van der Waals surface area contributed by atoms with Crippen molar-refractivity contribution >= 4 is 0 Å². The van der Waals surface area contributed by atoms with E-state index in [0.29, 0.717) is 6.54 Å². The lowest BCUT2D eigenvalue weighted by atomic mass is 10.2. The van der Waals surface area contributed by atoms with Crippen molar-refractivity contribution in [2.24, 2.45) is 5.73 Å². The predicted molar refractivity (Wildman–Crippen MR) is 58.6 cm³/mol. The monoisotopic (exact) mass is 212 g/mol. The lowest BCUT2D eigenvalue weighted by molar-refractivity contribution is 0.140. The molecule has 0 aliphatic heterocycles. The van der Waals surface area contributed by atoms with Crippen LogP contribution in [0.1, 0.15) is 24.7 Å². The molecular formula is C10H20N4O. The fourth-order valence-corrected chi connectivity index (χ4v) is 1.44. The number of hydrogen-bond donors (Lipinski definition) is 1. The van der Waals surface area contributed by atoms with Crippen molar-refractivity contribution in [3.05, 3.63) is 11.4 Å². The maximum Gasteiger partial charge on any atom is 0.0868 e. The Morgan fingerprint density at radius 3 is 2.93 bits per heavy atom. The quantitative estimate of drug-likeness (QED) is 0.669. The van der Waals surface area contributed by atoms with Crippen LogP contribution in [-0.2, 0) is 17.7 Å². The van der Waals surface area contributed by atoms with E-state index >= 15 is 0 Å². The summed E-state index contributed by atoms with van der Waals surface area (Å²) in [6.45, 7) is 7.07. The molecule has 5 nitrogen and oxygen atoms in total. The smallest absolute Gasteiger partial charge is 0.0868 e. The summed E-state index contributed by atoms with van der Waals surface area (Å²) in [5, 5.41) is 8.18. The number of aromatic nitrogens is 3. The normalized spacial score (nSPS) is 10.9. The molecule has 2 N–H and O–H groups in total. The van der Waals surface area contributed by atoms with Crippen molar-refractivity contribution in [3.63, 3.8) is 0 Å². The van der Waals surface area contributed by atoms with Crippen LogP contribution in [0.3, 0.4) is 0 Å². The average Bonchev–Trinajstić information content (AvgIpc) is 2.57. The first-order chi connectivity index (χ1) is 7.29. The van der Waals surface area contributed by atoms with Crippen LogP contribution in [0.4, 0.5) is 0 Å². The van der Waals surface area contributed by atoms with Crippen molar-refractivity contribution < 1.29 is 4.74 Å². The molecule has 1 aromatic rings. The molecular weight excluding hydrogens is 192 g/mol. The second-order valence-electron chi connectivity index (χ2n) is 3.43. The Kier molecular flexibility index (Phi) is 5.28. The largest absolute Gasteiger partial charge is 0.382 e. The van der Waals surface area contributed by atoms with Crippen LogP contribution in [0.2, 0.25) is 0 Å². The highest BCUT2D eigenvalue weighted by molar-refractivity contribution is 5.07. The fourth-order valence-electron chi connectivity index (χ4n) is 1.44. The van der Waals surface area contributed by atoms with Gasteiger partial charge in [-0.05, 0) is 26.8 Å². The Balaban J connectivity index is 2.40. The average molecular weight is 212 g/mol. The predicted octanol–water partition coefficient (Wildman–Crippen LogP) is 0.514. The number of aryl methyl sites for hydroxylation is 1. The summed E-state index contributed by atoms with van der Waals surface area (Å²) in [4.78, 5) is 0. The second kappa shape index (κ2) is 6.53. The summed E-state index contributed by atoms with van der Waals surface area (Å²) in [6, 6.07) is 0. The van der Waals surface area contributed by atoms with Gasteiger partial charge in [-0.15, -0.1) is 5.10 Å². The molecule has 0 amide bonds. The van der Waals surface area contributed by atoms with E-state index < -0.39 is 0 Å². The molecule has 0 aliphatic carbocycles. The van der Waals surface area contributed by atoms with Crippen molar-refractivity contribution in [2.45, 2.75) is 33.2 Å². The molecule has 86 valence electrons. The van der Waals surface area contributed by atoms with Crippen molar-refractivity contribution in [1.82, 2.24) is 15.0 Å². The van der Waals surface area contributed by atoms with E-state index in [1.807, 2.05) is 18.5 Å². The Morgan fingerprint density at radius 2 is 2.27 bits per heavy atom. The highest BCUT2D eigenvalue weighted by Gasteiger charge is 2.06. The van der Waals surface area contributed by atoms with Gasteiger partial charge in [0.05, 0.1) is 11.4 Å². The van der Waals surface area contributed by atoms with Crippen molar-refractivity contribution in [2.75, 3.05) is 19.8 Å². The van der Waals surface area contributed by atoms with Gasteiger partial charge in [0, 0.05) is 26.2 Å².